The van der Waals surface area contributed by atoms with Gasteiger partial charge in [-0.3, -0.25) is 0 Å². The van der Waals surface area contributed by atoms with E-state index in [9.17, 15) is 4.39 Å². The summed E-state index contributed by atoms with van der Waals surface area (Å²) in [6.07, 6.45) is 3.03. The predicted octanol–water partition coefficient (Wildman–Crippen LogP) is 3.14. The third-order valence-corrected chi connectivity index (χ3v) is 3.72. The molecule has 2 rings (SSSR count). The Morgan fingerprint density at radius 1 is 1.41 bits per heavy atom. The SMILES string of the molecule is COc1cc(Br)cc(CC2CCNCC2)c1F. The average molecular weight is 302 g/mol. The standard InChI is InChI=1S/C13H17BrFNO/c1-17-12-8-11(14)7-10(13(12)15)6-9-2-4-16-5-3-9/h7-9,16H,2-6H2,1H3. The van der Waals surface area contributed by atoms with Crippen molar-refractivity contribution in [1.29, 1.82) is 0 Å². The first kappa shape index (κ1) is 12.8. The second-order valence-corrected chi connectivity index (χ2v) is 5.39. The van der Waals surface area contributed by atoms with Crippen molar-refractivity contribution in [1.82, 2.24) is 5.32 Å². The smallest absolute Gasteiger partial charge is 0.168 e. The number of nitrogens with one attached hydrogen (secondary N) is 1. The molecule has 0 amide bonds. The second kappa shape index (κ2) is 5.83. The molecule has 0 bridgehead atoms. The molecule has 17 heavy (non-hydrogen) atoms. The first-order valence-electron chi connectivity index (χ1n) is 5.93. The van der Waals surface area contributed by atoms with Gasteiger partial charge in [-0.15, -0.1) is 0 Å². The van der Waals surface area contributed by atoms with Crippen LogP contribution in [0.1, 0.15) is 18.4 Å². The molecule has 0 atom stereocenters. The molecule has 0 saturated carbocycles. The molecule has 1 N–H and O–H groups in total. The van der Waals surface area contributed by atoms with E-state index in [0.717, 1.165) is 42.4 Å². The van der Waals surface area contributed by atoms with E-state index in [1.165, 1.54) is 7.11 Å². The van der Waals surface area contributed by atoms with Crippen LogP contribution in [0.4, 0.5) is 4.39 Å². The van der Waals surface area contributed by atoms with E-state index < -0.39 is 0 Å². The minimum Gasteiger partial charge on any atom is -0.494 e. The summed E-state index contributed by atoms with van der Waals surface area (Å²) in [7, 11) is 1.50. The second-order valence-electron chi connectivity index (χ2n) is 4.48. The summed E-state index contributed by atoms with van der Waals surface area (Å²) in [6.45, 7) is 2.08. The number of rotatable bonds is 3. The molecule has 0 aromatic heterocycles. The molecule has 0 aliphatic carbocycles. The lowest BCUT2D eigenvalue weighted by Gasteiger charge is -2.23. The topological polar surface area (TPSA) is 21.3 Å². The quantitative estimate of drug-likeness (QED) is 0.926. The number of hydrogen-bond donors (Lipinski definition) is 1. The Bertz CT molecular complexity index is 391. The zero-order valence-corrected chi connectivity index (χ0v) is 11.5. The summed E-state index contributed by atoms with van der Waals surface area (Å²) in [6, 6.07) is 3.53. The minimum absolute atomic E-state index is 0.214. The third-order valence-electron chi connectivity index (χ3n) is 3.27. The molecule has 1 aromatic carbocycles. The fraction of sp³-hybridized carbons (Fsp3) is 0.538. The van der Waals surface area contributed by atoms with Gasteiger partial charge in [0.25, 0.3) is 0 Å². The Labute approximate surface area is 110 Å². The van der Waals surface area contributed by atoms with Crippen LogP contribution in [0.5, 0.6) is 5.75 Å². The van der Waals surface area contributed by atoms with Crippen molar-refractivity contribution in [3.8, 4) is 5.75 Å². The van der Waals surface area contributed by atoms with Gasteiger partial charge in [-0.1, -0.05) is 15.9 Å². The van der Waals surface area contributed by atoms with Crippen molar-refractivity contribution in [2.75, 3.05) is 20.2 Å². The van der Waals surface area contributed by atoms with Crippen LogP contribution in [0, 0.1) is 11.7 Å². The van der Waals surface area contributed by atoms with Crippen LogP contribution in [0.3, 0.4) is 0 Å². The zero-order chi connectivity index (χ0) is 12.3. The van der Waals surface area contributed by atoms with Gasteiger partial charge in [0.1, 0.15) is 0 Å². The highest BCUT2D eigenvalue weighted by molar-refractivity contribution is 9.10. The Kier molecular flexibility index (Phi) is 4.40. The predicted molar refractivity (Wildman–Crippen MR) is 69.9 cm³/mol. The lowest BCUT2D eigenvalue weighted by molar-refractivity contribution is 0.358. The van der Waals surface area contributed by atoms with Gasteiger partial charge in [0.15, 0.2) is 11.6 Å². The lowest BCUT2D eigenvalue weighted by Crippen LogP contribution is -2.28. The number of hydrogen-bond acceptors (Lipinski definition) is 2. The Hall–Kier alpha value is -0.610. The summed E-state index contributed by atoms with van der Waals surface area (Å²) in [4.78, 5) is 0. The van der Waals surface area contributed by atoms with Crippen molar-refractivity contribution < 1.29 is 9.13 Å². The molecule has 4 heteroatoms. The van der Waals surface area contributed by atoms with Crippen LogP contribution in [-0.4, -0.2) is 20.2 Å². The Morgan fingerprint density at radius 2 is 2.12 bits per heavy atom. The minimum atomic E-state index is -0.214. The van der Waals surface area contributed by atoms with Gasteiger partial charge in [0, 0.05) is 4.47 Å². The van der Waals surface area contributed by atoms with Crippen LogP contribution < -0.4 is 10.1 Å². The Morgan fingerprint density at radius 3 is 2.76 bits per heavy atom. The maximum absolute atomic E-state index is 14.0. The third kappa shape index (κ3) is 3.19. The van der Waals surface area contributed by atoms with Crippen LogP contribution in [0.2, 0.25) is 0 Å². The molecule has 1 heterocycles. The molecule has 1 saturated heterocycles. The van der Waals surface area contributed by atoms with Gasteiger partial charge in [0.2, 0.25) is 0 Å². The van der Waals surface area contributed by atoms with Gasteiger partial charge in [0.05, 0.1) is 7.11 Å². The maximum Gasteiger partial charge on any atom is 0.168 e. The van der Waals surface area contributed by atoms with E-state index in [4.69, 9.17) is 4.74 Å². The lowest BCUT2D eigenvalue weighted by atomic mass is 9.91. The van der Waals surface area contributed by atoms with E-state index in [2.05, 4.69) is 21.2 Å². The van der Waals surface area contributed by atoms with Crippen LogP contribution in [0.25, 0.3) is 0 Å². The number of ether oxygens (including phenoxy) is 1. The highest BCUT2D eigenvalue weighted by Crippen LogP contribution is 2.29. The summed E-state index contributed by atoms with van der Waals surface area (Å²) in [5.74, 6) is 0.683. The average Bonchev–Trinajstić information content (AvgIpc) is 2.34. The molecule has 1 aromatic rings. The van der Waals surface area contributed by atoms with Crippen molar-refractivity contribution in [2.45, 2.75) is 19.3 Å². The molecule has 0 radical (unpaired) electrons. The molecule has 0 spiro atoms. The number of methoxy groups -OCH3 is 1. The van der Waals surface area contributed by atoms with Crippen molar-refractivity contribution in [3.63, 3.8) is 0 Å². The molecule has 1 aliphatic rings. The molecule has 94 valence electrons. The molecule has 1 fully saturated rings. The molecular formula is C13H17BrFNO. The van der Waals surface area contributed by atoms with E-state index in [0.29, 0.717) is 11.7 Å². The number of benzene rings is 1. The number of halogens is 2. The van der Waals surface area contributed by atoms with Gasteiger partial charge in [-0.05, 0) is 56.0 Å². The van der Waals surface area contributed by atoms with E-state index in [-0.39, 0.29) is 5.82 Å². The molecular weight excluding hydrogens is 285 g/mol. The first-order chi connectivity index (χ1) is 8.20. The van der Waals surface area contributed by atoms with Gasteiger partial charge in [-0.25, -0.2) is 4.39 Å². The van der Waals surface area contributed by atoms with Gasteiger partial charge >= 0.3 is 0 Å². The summed E-state index contributed by atoms with van der Waals surface area (Å²) >= 11 is 3.39. The fourth-order valence-corrected chi connectivity index (χ4v) is 2.80. The summed E-state index contributed by atoms with van der Waals surface area (Å²) < 4.78 is 20.0. The molecule has 1 aliphatic heterocycles. The van der Waals surface area contributed by atoms with Crippen LogP contribution >= 0.6 is 15.9 Å². The van der Waals surface area contributed by atoms with Gasteiger partial charge < -0.3 is 10.1 Å². The zero-order valence-electron chi connectivity index (χ0n) is 9.93. The van der Waals surface area contributed by atoms with Crippen molar-refractivity contribution in [2.24, 2.45) is 5.92 Å². The first-order valence-corrected chi connectivity index (χ1v) is 6.72. The molecule has 2 nitrogen and oxygen atoms in total. The summed E-state index contributed by atoms with van der Waals surface area (Å²) in [5, 5.41) is 3.32. The van der Waals surface area contributed by atoms with Crippen molar-refractivity contribution in [3.05, 3.63) is 28.0 Å². The van der Waals surface area contributed by atoms with Gasteiger partial charge in [-0.2, -0.15) is 0 Å². The largest absolute Gasteiger partial charge is 0.494 e. The van der Waals surface area contributed by atoms with Crippen LogP contribution in [-0.2, 0) is 6.42 Å². The summed E-state index contributed by atoms with van der Waals surface area (Å²) in [5.41, 5.74) is 0.753. The van der Waals surface area contributed by atoms with Crippen molar-refractivity contribution >= 4 is 15.9 Å². The van der Waals surface area contributed by atoms with E-state index in [1.54, 1.807) is 6.07 Å². The van der Waals surface area contributed by atoms with E-state index >= 15 is 0 Å². The Balaban J connectivity index is 2.16. The van der Waals surface area contributed by atoms with E-state index in [1.807, 2.05) is 6.07 Å². The highest BCUT2D eigenvalue weighted by atomic mass is 79.9. The fourth-order valence-electron chi connectivity index (χ4n) is 2.31. The number of piperidine rings is 1. The monoisotopic (exact) mass is 301 g/mol. The normalized spacial score (nSPS) is 17.1. The van der Waals surface area contributed by atoms with Crippen LogP contribution in [0.15, 0.2) is 16.6 Å². The highest BCUT2D eigenvalue weighted by Gasteiger charge is 2.18. The maximum atomic E-state index is 14.0. The molecule has 0 unspecified atom stereocenters.